The van der Waals surface area contributed by atoms with E-state index in [9.17, 15) is 9.90 Å². The SMILES string of the molecule is CN(CC(=O)NC12CC3CC(CC(C3)C1)C2)CC1CCCC1O. The maximum atomic E-state index is 12.6. The summed E-state index contributed by atoms with van der Waals surface area (Å²) in [4.78, 5) is 14.7. The fourth-order valence-electron chi connectivity index (χ4n) is 6.54. The maximum Gasteiger partial charge on any atom is 0.234 e. The van der Waals surface area contributed by atoms with Crippen LogP contribution in [0.5, 0.6) is 0 Å². The summed E-state index contributed by atoms with van der Waals surface area (Å²) in [5.74, 6) is 3.16. The first-order valence-electron chi connectivity index (χ1n) is 9.69. The van der Waals surface area contributed by atoms with Crippen LogP contribution >= 0.6 is 0 Å². The number of hydrogen-bond acceptors (Lipinski definition) is 3. The van der Waals surface area contributed by atoms with Gasteiger partial charge in [-0.3, -0.25) is 9.69 Å². The molecule has 0 aromatic rings. The average Bonchev–Trinajstić information content (AvgIpc) is 2.81. The maximum absolute atomic E-state index is 12.6. The highest BCUT2D eigenvalue weighted by atomic mass is 16.3. The lowest BCUT2D eigenvalue weighted by Gasteiger charge is -2.57. The van der Waals surface area contributed by atoms with Gasteiger partial charge in [0, 0.05) is 12.1 Å². The third-order valence-corrected chi connectivity index (χ3v) is 7.02. The first-order chi connectivity index (χ1) is 11.0. The molecule has 0 heterocycles. The number of carbonyl (C=O) groups excluding carboxylic acids is 1. The number of rotatable bonds is 5. The minimum absolute atomic E-state index is 0.125. The van der Waals surface area contributed by atoms with Gasteiger partial charge in [0.25, 0.3) is 0 Å². The first-order valence-corrected chi connectivity index (χ1v) is 9.69. The Morgan fingerprint density at radius 1 is 1.13 bits per heavy atom. The van der Waals surface area contributed by atoms with E-state index < -0.39 is 0 Å². The molecule has 0 spiro atoms. The normalized spacial score (nSPS) is 44.9. The minimum atomic E-state index is -0.163. The van der Waals surface area contributed by atoms with E-state index in [-0.39, 0.29) is 17.6 Å². The second-order valence-electron chi connectivity index (χ2n) is 9.20. The van der Waals surface area contributed by atoms with Crippen molar-refractivity contribution in [1.29, 1.82) is 0 Å². The molecule has 2 unspecified atom stereocenters. The quantitative estimate of drug-likeness (QED) is 0.816. The number of nitrogens with one attached hydrogen (secondary N) is 1. The van der Waals surface area contributed by atoms with E-state index in [1.807, 2.05) is 7.05 Å². The molecule has 1 amide bonds. The van der Waals surface area contributed by atoms with Gasteiger partial charge in [0.15, 0.2) is 0 Å². The number of likely N-dealkylation sites (N-methyl/N-ethyl adjacent to an activating group) is 1. The molecule has 23 heavy (non-hydrogen) atoms. The van der Waals surface area contributed by atoms with E-state index in [1.54, 1.807) is 0 Å². The van der Waals surface area contributed by atoms with E-state index in [2.05, 4.69) is 10.2 Å². The van der Waals surface area contributed by atoms with Crippen LogP contribution in [-0.4, -0.2) is 47.7 Å². The zero-order valence-electron chi connectivity index (χ0n) is 14.5. The van der Waals surface area contributed by atoms with Gasteiger partial charge in [0.05, 0.1) is 12.6 Å². The van der Waals surface area contributed by atoms with Crippen molar-refractivity contribution in [3.63, 3.8) is 0 Å². The zero-order valence-corrected chi connectivity index (χ0v) is 14.5. The fraction of sp³-hybridized carbons (Fsp3) is 0.947. The monoisotopic (exact) mass is 320 g/mol. The molecule has 2 N–H and O–H groups in total. The van der Waals surface area contributed by atoms with Crippen LogP contribution in [0.15, 0.2) is 0 Å². The van der Waals surface area contributed by atoms with Crippen LogP contribution in [0.25, 0.3) is 0 Å². The van der Waals surface area contributed by atoms with Gasteiger partial charge in [-0.25, -0.2) is 0 Å². The van der Waals surface area contributed by atoms with Crippen molar-refractivity contribution >= 4 is 5.91 Å². The van der Waals surface area contributed by atoms with E-state index in [0.29, 0.717) is 12.5 Å². The number of aliphatic hydroxyl groups excluding tert-OH is 1. The predicted molar refractivity (Wildman–Crippen MR) is 89.9 cm³/mol. The van der Waals surface area contributed by atoms with Gasteiger partial charge in [-0.15, -0.1) is 0 Å². The number of nitrogens with zero attached hydrogens (tertiary/aromatic N) is 1. The third kappa shape index (κ3) is 3.30. The van der Waals surface area contributed by atoms with Gasteiger partial charge in [-0.2, -0.15) is 0 Å². The molecule has 0 radical (unpaired) electrons. The summed E-state index contributed by atoms with van der Waals surface area (Å²) in [5, 5.41) is 13.4. The molecular formula is C19H32N2O2. The van der Waals surface area contributed by atoms with Crippen molar-refractivity contribution in [1.82, 2.24) is 10.2 Å². The Kier molecular flexibility index (Phi) is 4.17. The highest BCUT2D eigenvalue weighted by Crippen LogP contribution is 2.55. The van der Waals surface area contributed by atoms with Crippen LogP contribution in [0.1, 0.15) is 57.8 Å². The van der Waals surface area contributed by atoms with Crippen LogP contribution in [0.3, 0.4) is 0 Å². The van der Waals surface area contributed by atoms with Crippen LogP contribution in [0.4, 0.5) is 0 Å². The van der Waals surface area contributed by atoms with Crippen molar-refractivity contribution in [3.8, 4) is 0 Å². The molecular weight excluding hydrogens is 288 g/mol. The molecule has 5 aliphatic carbocycles. The Morgan fingerprint density at radius 2 is 1.74 bits per heavy atom. The van der Waals surface area contributed by atoms with Crippen LogP contribution in [0, 0.1) is 23.7 Å². The van der Waals surface area contributed by atoms with E-state index >= 15 is 0 Å². The number of carbonyl (C=O) groups is 1. The lowest BCUT2D eigenvalue weighted by Crippen LogP contribution is -2.60. The highest BCUT2D eigenvalue weighted by Gasteiger charge is 2.51. The summed E-state index contributed by atoms with van der Waals surface area (Å²) in [6.07, 6.45) is 10.9. The molecule has 4 nitrogen and oxygen atoms in total. The van der Waals surface area contributed by atoms with Gasteiger partial charge >= 0.3 is 0 Å². The standard InChI is InChI=1S/C19H32N2O2/c1-21(11-16-3-2-4-17(16)22)12-18(23)20-19-8-13-5-14(9-19)7-15(6-13)10-19/h13-17,22H,2-12H2,1H3,(H,20,23). The summed E-state index contributed by atoms with van der Waals surface area (Å²) in [5.41, 5.74) is 0.125. The predicted octanol–water partition coefficient (Wildman–Crippen LogP) is 2.16. The third-order valence-electron chi connectivity index (χ3n) is 7.02. The van der Waals surface area contributed by atoms with Crippen molar-refractivity contribution in [2.75, 3.05) is 20.1 Å². The topological polar surface area (TPSA) is 52.6 Å². The van der Waals surface area contributed by atoms with E-state index in [0.717, 1.165) is 43.6 Å². The van der Waals surface area contributed by atoms with Gasteiger partial charge in [-0.1, -0.05) is 6.42 Å². The molecule has 0 aromatic carbocycles. The Morgan fingerprint density at radius 3 is 2.26 bits per heavy atom. The van der Waals surface area contributed by atoms with Crippen molar-refractivity contribution in [2.24, 2.45) is 23.7 Å². The molecule has 5 aliphatic rings. The van der Waals surface area contributed by atoms with Gasteiger partial charge < -0.3 is 10.4 Å². The number of aliphatic hydroxyl groups is 1. The molecule has 5 saturated carbocycles. The number of hydrogen-bond donors (Lipinski definition) is 2. The molecule has 0 aromatic heterocycles. The summed E-state index contributed by atoms with van der Waals surface area (Å²) in [6.45, 7) is 1.32. The van der Waals surface area contributed by atoms with Gasteiger partial charge in [0.1, 0.15) is 0 Å². The van der Waals surface area contributed by atoms with E-state index in [4.69, 9.17) is 0 Å². The van der Waals surface area contributed by atoms with Crippen molar-refractivity contribution < 1.29 is 9.90 Å². The summed E-state index contributed by atoms with van der Waals surface area (Å²) < 4.78 is 0. The van der Waals surface area contributed by atoms with Crippen LogP contribution in [0.2, 0.25) is 0 Å². The number of amides is 1. The zero-order chi connectivity index (χ0) is 16.0. The molecule has 5 rings (SSSR count). The molecule has 4 bridgehead atoms. The molecule has 130 valence electrons. The largest absolute Gasteiger partial charge is 0.393 e. The Labute approximate surface area is 140 Å². The van der Waals surface area contributed by atoms with Gasteiger partial charge in [-0.05, 0) is 82.1 Å². The summed E-state index contributed by atoms with van der Waals surface area (Å²) in [6, 6.07) is 0. The molecule has 4 heteroatoms. The summed E-state index contributed by atoms with van der Waals surface area (Å²) >= 11 is 0. The van der Waals surface area contributed by atoms with Gasteiger partial charge in [0.2, 0.25) is 5.91 Å². The summed E-state index contributed by atoms with van der Waals surface area (Å²) in [7, 11) is 2.02. The van der Waals surface area contributed by atoms with Crippen LogP contribution < -0.4 is 5.32 Å². The van der Waals surface area contributed by atoms with E-state index in [1.165, 1.54) is 38.5 Å². The minimum Gasteiger partial charge on any atom is -0.393 e. The van der Waals surface area contributed by atoms with Crippen LogP contribution in [-0.2, 0) is 4.79 Å². The Bertz CT molecular complexity index is 429. The molecule has 2 atom stereocenters. The second kappa shape index (κ2) is 6.03. The van der Waals surface area contributed by atoms with Crippen molar-refractivity contribution in [2.45, 2.75) is 69.4 Å². The first kappa shape index (κ1) is 15.9. The highest BCUT2D eigenvalue weighted by molar-refractivity contribution is 5.79. The smallest absolute Gasteiger partial charge is 0.234 e. The van der Waals surface area contributed by atoms with Crippen molar-refractivity contribution in [3.05, 3.63) is 0 Å². The Balaban J connectivity index is 1.30. The lowest BCUT2D eigenvalue weighted by molar-refractivity contribution is -0.127. The lowest BCUT2D eigenvalue weighted by atomic mass is 9.53. The molecule has 0 saturated heterocycles. The molecule has 5 fully saturated rings. The Hall–Kier alpha value is -0.610. The fourth-order valence-corrected chi connectivity index (χ4v) is 6.54. The second-order valence-corrected chi connectivity index (χ2v) is 9.20. The average molecular weight is 320 g/mol. The molecule has 0 aliphatic heterocycles.